The molecule has 1 aliphatic heterocycles. The second-order valence-electron chi connectivity index (χ2n) is 10.8. The van der Waals surface area contributed by atoms with Crippen molar-refractivity contribution in [2.24, 2.45) is 11.3 Å². The Hall–Kier alpha value is -3.71. The number of hydroxylamine groups is 2. The average Bonchev–Trinajstić information content (AvgIpc) is 3.14. The van der Waals surface area contributed by atoms with Crippen molar-refractivity contribution in [3.05, 3.63) is 0 Å². The Morgan fingerprint density at radius 1 is 0.872 bits per heavy atom. The van der Waals surface area contributed by atoms with Gasteiger partial charge in [0.15, 0.2) is 0 Å². The van der Waals surface area contributed by atoms with Gasteiger partial charge < -0.3 is 30.8 Å². The van der Waals surface area contributed by atoms with Gasteiger partial charge in [-0.05, 0) is 24.7 Å². The van der Waals surface area contributed by atoms with E-state index >= 15 is 0 Å². The van der Waals surface area contributed by atoms with Crippen molar-refractivity contribution < 1.29 is 43.1 Å². The van der Waals surface area contributed by atoms with Crippen LogP contribution < -0.4 is 21.3 Å². The first-order chi connectivity index (χ1) is 18.1. The summed E-state index contributed by atoms with van der Waals surface area (Å²) in [5.41, 5.74) is -0.168. The van der Waals surface area contributed by atoms with E-state index in [4.69, 9.17) is 9.57 Å². The Kier molecular flexibility index (Phi) is 13.4. The van der Waals surface area contributed by atoms with Gasteiger partial charge in [0.05, 0.1) is 6.61 Å². The average molecular weight is 556 g/mol. The second-order valence-corrected chi connectivity index (χ2v) is 10.8. The molecular weight excluding hydrogens is 514 g/mol. The molecule has 0 aromatic rings. The molecule has 2 atom stereocenters. The SMILES string of the molecule is CC(C)[C@H](NC(=O)CCCC(=O)ON1C(=O)CCC1=O)C(=O)N[C@@H](C)C(=O)NCCNC(=O)OCC(C)(C)C. The molecule has 14 heteroatoms. The van der Waals surface area contributed by atoms with E-state index in [0.717, 1.165) is 0 Å². The maximum absolute atomic E-state index is 12.7. The Bertz CT molecular complexity index is 913. The van der Waals surface area contributed by atoms with Gasteiger partial charge in [-0.1, -0.05) is 34.6 Å². The summed E-state index contributed by atoms with van der Waals surface area (Å²) in [6.07, 6.45) is -0.857. The second kappa shape index (κ2) is 15.6. The molecule has 6 amide bonds. The fraction of sp³-hybridized carbons (Fsp3) is 0.720. The molecule has 0 aromatic carbocycles. The van der Waals surface area contributed by atoms with Gasteiger partial charge in [-0.25, -0.2) is 9.59 Å². The Balaban J connectivity index is 2.38. The normalized spacial score (nSPS) is 14.9. The summed E-state index contributed by atoms with van der Waals surface area (Å²) in [7, 11) is 0. The standard InChI is InChI=1S/C25H41N5O9/c1-15(2)21(29-17(31)8-7-9-20(34)39-30-18(32)10-11-19(30)33)23(36)28-16(3)22(35)26-12-13-27-24(37)38-14-25(4,5)6/h15-16,21H,7-14H2,1-6H3,(H,26,35)(H,27,37)(H,28,36)(H,29,31)/t16-,21-/m0/s1. The summed E-state index contributed by atoms with van der Waals surface area (Å²) < 4.78 is 5.06. The highest BCUT2D eigenvalue weighted by Gasteiger charge is 2.33. The molecule has 0 bridgehead atoms. The predicted octanol–water partition coefficient (Wildman–Crippen LogP) is 0.298. The number of ether oxygens (including phenoxy) is 1. The number of nitrogens with zero attached hydrogens (tertiary/aromatic N) is 1. The number of alkyl carbamates (subject to hydrolysis) is 1. The molecule has 0 saturated carbocycles. The molecule has 1 aliphatic rings. The monoisotopic (exact) mass is 555 g/mol. The smallest absolute Gasteiger partial charge is 0.407 e. The summed E-state index contributed by atoms with van der Waals surface area (Å²) in [5.74, 6) is -3.83. The Morgan fingerprint density at radius 2 is 1.46 bits per heavy atom. The van der Waals surface area contributed by atoms with E-state index < -0.39 is 53.7 Å². The van der Waals surface area contributed by atoms with Crippen molar-refractivity contribution in [2.45, 2.75) is 85.7 Å². The summed E-state index contributed by atoms with van der Waals surface area (Å²) in [4.78, 5) is 88.6. The number of amides is 6. The molecular formula is C25H41N5O9. The highest BCUT2D eigenvalue weighted by molar-refractivity contribution is 6.01. The quantitative estimate of drug-likeness (QED) is 0.172. The van der Waals surface area contributed by atoms with E-state index in [0.29, 0.717) is 5.06 Å². The van der Waals surface area contributed by atoms with Gasteiger partial charge in [-0.15, -0.1) is 5.06 Å². The van der Waals surface area contributed by atoms with Crippen LogP contribution in [-0.4, -0.2) is 78.4 Å². The molecule has 0 aromatic heterocycles. The fourth-order valence-electron chi connectivity index (χ4n) is 3.18. The van der Waals surface area contributed by atoms with E-state index in [-0.39, 0.29) is 63.1 Å². The van der Waals surface area contributed by atoms with Crippen LogP contribution in [0.3, 0.4) is 0 Å². The van der Waals surface area contributed by atoms with Gasteiger partial charge in [0.1, 0.15) is 12.1 Å². The zero-order valence-electron chi connectivity index (χ0n) is 23.5. The van der Waals surface area contributed by atoms with Crippen molar-refractivity contribution in [3.8, 4) is 0 Å². The lowest BCUT2D eigenvalue weighted by atomic mass is 9.99. The van der Waals surface area contributed by atoms with Gasteiger partial charge in [0, 0.05) is 38.8 Å². The van der Waals surface area contributed by atoms with Crippen molar-refractivity contribution in [1.29, 1.82) is 0 Å². The minimum absolute atomic E-state index is 0.0149. The third-order valence-corrected chi connectivity index (χ3v) is 5.33. The maximum atomic E-state index is 12.7. The lowest BCUT2D eigenvalue weighted by Gasteiger charge is -2.24. The van der Waals surface area contributed by atoms with Gasteiger partial charge in [0.25, 0.3) is 11.8 Å². The molecule has 1 saturated heterocycles. The van der Waals surface area contributed by atoms with Crippen molar-refractivity contribution >= 4 is 41.6 Å². The number of hydrogen-bond donors (Lipinski definition) is 4. The summed E-state index contributed by atoms with van der Waals surface area (Å²) in [5, 5.41) is 10.7. The lowest BCUT2D eigenvalue weighted by molar-refractivity contribution is -0.197. The maximum Gasteiger partial charge on any atom is 0.407 e. The first kappa shape index (κ1) is 33.3. The molecule has 1 heterocycles. The van der Waals surface area contributed by atoms with Gasteiger partial charge in [0.2, 0.25) is 17.7 Å². The van der Waals surface area contributed by atoms with Crippen LogP contribution in [0.25, 0.3) is 0 Å². The topological polar surface area (TPSA) is 189 Å². The lowest BCUT2D eigenvalue weighted by Crippen LogP contribution is -2.54. The van der Waals surface area contributed by atoms with Gasteiger partial charge in [-0.2, -0.15) is 0 Å². The fourth-order valence-corrected chi connectivity index (χ4v) is 3.18. The molecule has 0 spiro atoms. The van der Waals surface area contributed by atoms with Crippen LogP contribution in [0.2, 0.25) is 0 Å². The first-order valence-corrected chi connectivity index (χ1v) is 13.0. The van der Waals surface area contributed by atoms with E-state index in [9.17, 15) is 33.6 Å². The zero-order valence-corrected chi connectivity index (χ0v) is 23.5. The molecule has 220 valence electrons. The molecule has 0 unspecified atom stereocenters. The van der Waals surface area contributed by atoms with Crippen LogP contribution in [0, 0.1) is 11.3 Å². The Morgan fingerprint density at radius 3 is 2.03 bits per heavy atom. The number of hydrogen-bond acceptors (Lipinski definition) is 9. The number of imide groups is 1. The summed E-state index contributed by atoms with van der Waals surface area (Å²) in [6.45, 7) is 11.2. The van der Waals surface area contributed by atoms with Crippen LogP contribution in [0.5, 0.6) is 0 Å². The van der Waals surface area contributed by atoms with Crippen LogP contribution in [0.15, 0.2) is 0 Å². The molecule has 0 radical (unpaired) electrons. The van der Waals surface area contributed by atoms with E-state index in [1.54, 1.807) is 13.8 Å². The number of carbonyl (C=O) groups excluding carboxylic acids is 7. The van der Waals surface area contributed by atoms with Crippen LogP contribution in [0.4, 0.5) is 4.79 Å². The number of rotatable bonds is 14. The molecule has 1 fully saturated rings. The molecule has 14 nitrogen and oxygen atoms in total. The van der Waals surface area contributed by atoms with Crippen molar-refractivity contribution in [2.75, 3.05) is 19.7 Å². The largest absolute Gasteiger partial charge is 0.449 e. The Labute approximate surface area is 228 Å². The third kappa shape index (κ3) is 13.1. The third-order valence-electron chi connectivity index (χ3n) is 5.33. The van der Waals surface area contributed by atoms with Crippen molar-refractivity contribution in [3.63, 3.8) is 0 Å². The number of nitrogens with one attached hydrogen (secondary N) is 4. The van der Waals surface area contributed by atoms with Crippen LogP contribution in [0.1, 0.15) is 73.6 Å². The highest BCUT2D eigenvalue weighted by Crippen LogP contribution is 2.14. The van der Waals surface area contributed by atoms with E-state index in [1.165, 1.54) is 6.92 Å². The van der Waals surface area contributed by atoms with Crippen LogP contribution >= 0.6 is 0 Å². The summed E-state index contributed by atoms with van der Waals surface area (Å²) in [6, 6.07) is -1.84. The van der Waals surface area contributed by atoms with Crippen molar-refractivity contribution in [1.82, 2.24) is 26.3 Å². The minimum Gasteiger partial charge on any atom is -0.449 e. The van der Waals surface area contributed by atoms with E-state index in [2.05, 4.69) is 21.3 Å². The first-order valence-electron chi connectivity index (χ1n) is 13.0. The molecule has 0 aliphatic carbocycles. The number of carbonyl (C=O) groups is 7. The van der Waals surface area contributed by atoms with Gasteiger partial charge >= 0.3 is 12.1 Å². The molecule has 1 rings (SSSR count). The summed E-state index contributed by atoms with van der Waals surface area (Å²) >= 11 is 0. The van der Waals surface area contributed by atoms with Gasteiger partial charge in [-0.3, -0.25) is 24.0 Å². The van der Waals surface area contributed by atoms with Crippen LogP contribution in [-0.2, 0) is 38.3 Å². The predicted molar refractivity (Wildman–Crippen MR) is 137 cm³/mol. The van der Waals surface area contributed by atoms with E-state index in [1.807, 2.05) is 20.8 Å². The molecule has 4 N–H and O–H groups in total. The minimum atomic E-state index is -0.932. The zero-order chi connectivity index (χ0) is 29.8. The highest BCUT2D eigenvalue weighted by atomic mass is 16.7. The molecule has 39 heavy (non-hydrogen) atoms.